The van der Waals surface area contributed by atoms with Crippen LogP contribution in [0, 0.1) is 0 Å². The molecule has 0 unspecified atom stereocenters. The van der Waals surface area contributed by atoms with Crippen molar-refractivity contribution >= 4 is 24.4 Å². The van der Waals surface area contributed by atoms with E-state index >= 15 is 0 Å². The number of tetrazole rings is 1. The predicted molar refractivity (Wildman–Crippen MR) is 59.9 cm³/mol. The van der Waals surface area contributed by atoms with Gasteiger partial charge < -0.3 is 0 Å². The van der Waals surface area contributed by atoms with Gasteiger partial charge in [-0.25, -0.2) is 4.68 Å². The lowest BCUT2D eigenvalue weighted by Gasteiger charge is -2.00. The van der Waals surface area contributed by atoms with E-state index in [2.05, 4.69) is 28.2 Å². The van der Waals surface area contributed by atoms with Gasteiger partial charge in [0, 0.05) is 5.75 Å². The Morgan fingerprint density at radius 1 is 1.43 bits per heavy atom. The zero-order valence-electron chi connectivity index (χ0n) is 7.96. The molecule has 1 saturated carbocycles. The summed E-state index contributed by atoms with van der Waals surface area (Å²) in [5.74, 6) is 2.06. The number of hydrogen-bond donors (Lipinski definition) is 1. The molecule has 0 atom stereocenters. The average Bonchev–Trinajstić information content (AvgIpc) is 2.94. The maximum atomic E-state index is 4.18. The molecule has 4 nitrogen and oxygen atoms in total. The first-order chi connectivity index (χ1) is 6.92. The van der Waals surface area contributed by atoms with E-state index in [-0.39, 0.29) is 0 Å². The molecule has 0 bridgehead atoms. The van der Waals surface area contributed by atoms with Gasteiger partial charge in [-0.15, -0.1) is 5.10 Å². The summed E-state index contributed by atoms with van der Waals surface area (Å²) in [6, 6.07) is 0.581. The van der Waals surface area contributed by atoms with E-state index in [1.807, 2.05) is 4.68 Å². The molecule has 1 aliphatic rings. The van der Waals surface area contributed by atoms with Crippen LogP contribution in [0.2, 0.25) is 0 Å². The van der Waals surface area contributed by atoms with Crippen LogP contribution in [0.25, 0.3) is 0 Å². The quantitative estimate of drug-likeness (QED) is 0.460. The molecule has 1 heterocycles. The average molecular weight is 230 g/mol. The van der Waals surface area contributed by atoms with E-state index in [1.54, 1.807) is 11.8 Å². The molecule has 0 aliphatic heterocycles. The summed E-state index contributed by atoms with van der Waals surface area (Å²) in [5.41, 5.74) is 0. The predicted octanol–water partition coefficient (Wildman–Crippen LogP) is 1.81. The fourth-order valence-electron chi connectivity index (χ4n) is 1.21. The monoisotopic (exact) mass is 230 g/mol. The van der Waals surface area contributed by atoms with E-state index in [0.29, 0.717) is 6.04 Å². The molecule has 0 amide bonds. The van der Waals surface area contributed by atoms with E-state index in [1.165, 1.54) is 25.7 Å². The highest BCUT2D eigenvalue weighted by molar-refractivity contribution is 7.99. The Morgan fingerprint density at radius 2 is 2.29 bits per heavy atom. The summed E-state index contributed by atoms with van der Waals surface area (Å²) >= 11 is 5.93. The summed E-state index contributed by atoms with van der Waals surface area (Å²) in [4.78, 5) is 0. The summed E-state index contributed by atoms with van der Waals surface area (Å²) in [6.07, 6.45) is 4.82. The van der Waals surface area contributed by atoms with Crippen LogP contribution in [0.3, 0.4) is 0 Å². The number of thioether (sulfide) groups is 1. The molecule has 78 valence electrons. The van der Waals surface area contributed by atoms with Gasteiger partial charge in [-0.3, -0.25) is 0 Å². The van der Waals surface area contributed by atoms with E-state index in [4.69, 9.17) is 0 Å². The smallest absolute Gasteiger partial charge is 0.209 e. The number of aromatic nitrogens is 4. The lowest BCUT2D eigenvalue weighted by atomic mass is 10.4. The van der Waals surface area contributed by atoms with E-state index in [9.17, 15) is 0 Å². The van der Waals surface area contributed by atoms with Crippen molar-refractivity contribution in [2.24, 2.45) is 0 Å². The molecule has 1 fully saturated rings. The van der Waals surface area contributed by atoms with Crippen molar-refractivity contribution in [3.05, 3.63) is 0 Å². The lowest BCUT2D eigenvalue weighted by molar-refractivity contribution is 0.565. The minimum atomic E-state index is 0.581. The summed E-state index contributed by atoms with van der Waals surface area (Å²) < 4.78 is 1.96. The Kier molecular flexibility index (Phi) is 3.69. The van der Waals surface area contributed by atoms with Crippen molar-refractivity contribution in [3.63, 3.8) is 0 Å². The van der Waals surface area contributed by atoms with Crippen molar-refractivity contribution in [3.8, 4) is 0 Å². The fourth-order valence-corrected chi connectivity index (χ4v) is 2.37. The van der Waals surface area contributed by atoms with Gasteiger partial charge in [0.1, 0.15) is 0 Å². The number of thiol groups is 1. The Bertz CT molecular complexity index is 285. The Balaban J connectivity index is 1.80. The minimum Gasteiger partial charge on any atom is -0.217 e. The molecule has 1 aromatic heterocycles. The van der Waals surface area contributed by atoms with Gasteiger partial charge in [0.25, 0.3) is 0 Å². The number of rotatable bonds is 6. The summed E-state index contributed by atoms with van der Waals surface area (Å²) in [7, 11) is 0. The van der Waals surface area contributed by atoms with E-state index in [0.717, 1.165) is 16.7 Å². The third-order valence-corrected chi connectivity index (χ3v) is 3.47. The summed E-state index contributed by atoms with van der Waals surface area (Å²) in [6.45, 7) is 0. The van der Waals surface area contributed by atoms with Crippen LogP contribution < -0.4 is 0 Å². The van der Waals surface area contributed by atoms with Gasteiger partial charge >= 0.3 is 0 Å². The molecule has 0 saturated heterocycles. The Morgan fingerprint density at radius 3 is 3.00 bits per heavy atom. The first kappa shape index (κ1) is 10.3. The van der Waals surface area contributed by atoms with Crippen molar-refractivity contribution in [1.82, 2.24) is 20.2 Å². The van der Waals surface area contributed by atoms with Gasteiger partial charge in [0.15, 0.2) is 0 Å². The zero-order chi connectivity index (χ0) is 9.80. The second kappa shape index (κ2) is 5.02. The zero-order valence-corrected chi connectivity index (χ0v) is 9.68. The van der Waals surface area contributed by atoms with Crippen LogP contribution in [-0.4, -0.2) is 31.7 Å². The van der Waals surface area contributed by atoms with Crippen LogP contribution in [0.1, 0.15) is 31.7 Å². The van der Waals surface area contributed by atoms with Gasteiger partial charge in [0.05, 0.1) is 6.04 Å². The molecule has 0 N–H and O–H groups in total. The largest absolute Gasteiger partial charge is 0.217 e. The number of hydrogen-bond acceptors (Lipinski definition) is 5. The molecule has 14 heavy (non-hydrogen) atoms. The third kappa shape index (κ3) is 2.63. The van der Waals surface area contributed by atoms with Crippen molar-refractivity contribution < 1.29 is 0 Å². The minimum absolute atomic E-state index is 0.581. The van der Waals surface area contributed by atoms with Gasteiger partial charge in [-0.05, 0) is 41.9 Å². The van der Waals surface area contributed by atoms with E-state index < -0.39 is 0 Å². The highest BCUT2D eigenvalue weighted by Gasteiger charge is 2.27. The van der Waals surface area contributed by atoms with Crippen LogP contribution in [-0.2, 0) is 0 Å². The van der Waals surface area contributed by atoms with Crippen LogP contribution in [0.5, 0.6) is 0 Å². The second-order valence-electron chi connectivity index (χ2n) is 3.42. The van der Waals surface area contributed by atoms with Gasteiger partial charge in [-0.1, -0.05) is 11.8 Å². The molecular weight excluding hydrogens is 216 g/mol. The van der Waals surface area contributed by atoms with Crippen LogP contribution in [0.4, 0.5) is 0 Å². The van der Waals surface area contributed by atoms with Crippen molar-refractivity contribution in [2.45, 2.75) is 36.9 Å². The molecule has 1 aromatic rings. The lowest BCUT2D eigenvalue weighted by Crippen LogP contribution is -1.99. The number of nitrogens with zero attached hydrogens (tertiary/aromatic N) is 4. The maximum absolute atomic E-state index is 4.18. The highest BCUT2D eigenvalue weighted by atomic mass is 32.2. The number of unbranched alkanes of at least 4 members (excludes halogenated alkanes) is 1. The summed E-state index contributed by atoms with van der Waals surface area (Å²) in [5, 5.41) is 12.7. The standard InChI is InChI=1S/C8H14N4S2/c13-5-1-2-6-14-8-9-10-11-12(8)7-3-4-7/h7,13H,1-6H2. The molecule has 6 heteroatoms. The highest BCUT2D eigenvalue weighted by Crippen LogP contribution is 2.36. The third-order valence-electron chi connectivity index (χ3n) is 2.14. The van der Waals surface area contributed by atoms with Crippen LogP contribution >= 0.6 is 24.4 Å². The molecule has 0 radical (unpaired) electrons. The topological polar surface area (TPSA) is 43.6 Å². The molecule has 0 spiro atoms. The van der Waals surface area contributed by atoms with Crippen molar-refractivity contribution in [1.29, 1.82) is 0 Å². The van der Waals surface area contributed by atoms with Gasteiger partial charge in [-0.2, -0.15) is 12.6 Å². The van der Waals surface area contributed by atoms with Crippen LogP contribution in [0.15, 0.2) is 5.16 Å². The molecule has 0 aromatic carbocycles. The maximum Gasteiger partial charge on any atom is 0.209 e. The molecule has 1 aliphatic carbocycles. The molecular formula is C8H14N4S2. The fraction of sp³-hybridized carbons (Fsp3) is 0.875. The Labute approximate surface area is 93.2 Å². The normalized spacial score (nSPS) is 16.1. The second-order valence-corrected chi connectivity index (χ2v) is 4.93. The Hall–Kier alpha value is -0.230. The first-order valence-corrected chi connectivity index (χ1v) is 6.55. The van der Waals surface area contributed by atoms with Crippen molar-refractivity contribution in [2.75, 3.05) is 11.5 Å². The van der Waals surface area contributed by atoms with Gasteiger partial charge in [0.2, 0.25) is 5.16 Å². The first-order valence-electron chi connectivity index (χ1n) is 4.93. The SMILES string of the molecule is SCCCCSc1nnnn1C1CC1. The molecule has 2 rings (SSSR count).